The largest absolute Gasteiger partial charge is 0.462 e. The molecule has 1 fully saturated rings. The maximum atomic E-state index is 14.9. The van der Waals surface area contributed by atoms with Crippen molar-refractivity contribution in [1.82, 2.24) is 4.98 Å². The molecule has 1 amide bonds. The average molecular weight is 439 g/mol. The monoisotopic (exact) mass is 438 g/mol. The van der Waals surface area contributed by atoms with Gasteiger partial charge in [0.1, 0.15) is 29.8 Å². The Hall–Kier alpha value is -2.39. The lowest BCUT2D eigenvalue weighted by atomic mass is 9.85. The topological polar surface area (TPSA) is 89.6 Å². The van der Waals surface area contributed by atoms with Crippen LogP contribution in [0.1, 0.15) is 22.5 Å². The molecule has 0 saturated heterocycles. The molecule has 4 rings (SSSR count). The van der Waals surface area contributed by atoms with Crippen LogP contribution in [0.3, 0.4) is 0 Å². The number of halogens is 3. The maximum Gasteiger partial charge on any atom is 0.283 e. The Morgan fingerprint density at radius 3 is 2.93 bits per heavy atom. The van der Waals surface area contributed by atoms with Crippen molar-refractivity contribution in [2.24, 2.45) is 16.6 Å². The number of aliphatic imine (C=N–C) groups is 1. The Kier molecular flexibility index (Phi) is 5.12. The number of carbonyl (C=O) groups is 1. The number of rotatable bonds is 5. The molecule has 1 aromatic carbocycles. The Morgan fingerprint density at radius 1 is 1.48 bits per heavy atom. The maximum absolute atomic E-state index is 14.9. The molecule has 3 N–H and O–H groups in total. The van der Waals surface area contributed by atoms with E-state index in [1.54, 1.807) is 12.3 Å². The molecule has 0 bridgehead atoms. The Labute approximate surface area is 174 Å². The Balaban J connectivity index is 1.75. The van der Waals surface area contributed by atoms with Crippen LogP contribution in [0.5, 0.6) is 0 Å². The molecule has 1 saturated carbocycles. The number of hydrogen-bond donors (Lipinski definition) is 2. The van der Waals surface area contributed by atoms with Crippen LogP contribution in [0, 0.1) is 11.7 Å². The third-order valence-corrected chi connectivity index (χ3v) is 6.11. The highest BCUT2D eigenvalue weighted by Crippen LogP contribution is 2.55. The standard InChI is InChI=1S/C19H17ClF2N4O2S/c1-29-16-12(19(8-21)11-6-15(11)28-18(23)26-19)4-10(5-13(16)22)25-17(27)14-3-2-9(20)7-24-14/h2-5,7,11,15H,6,8H2,1H3,(H2,23,26)(H,25,27)/t11?,15-,19+/m1/s1. The fourth-order valence-corrected chi connectivity index (χ4v) is 4.45. The van der Waals surface area contributed by atoms with Gasteiger partial charge in [-0.2, -0.15) is 0 Å². The summed E-state index contributed by atoms with van der Waals surface area (Å²) < 4.78 is 34.6. The van der Waals surface area contributed by atoms with E-state index in [2.05, 4.69) is 15.3 Å². The van der Waals surface area contributed by atoms with Gasteiger partial charge >= 0.3 is 0 Å². The molecule has 1 aliphatic carbocycles. The lowest BCUT2D eigenvalue weighted by molar-refractivity contribution is 0.102. The van der Waals surface area contributed by atoms with E-state index >= 15 is 0 Å². The molecule has 29 heavy (non-hydrogen) atoms. The second-order valence-corrected chi connectivity index (χ2v) is 8.11. The number of thioether (sulfide) groups is 1. The fraction of sp³-hybridized carbons (Fsp3) is 0.316. The summed E-state index contributed by atoms with van der Waals surface area (Å²) in [5.74, 6) is -1.37. The Morgan fingerprint density at radius 2 is 2.28 bits per heavy atom. The second-order valence-electron chi connectivity index (χ2n) is 6.86. The molecular weight excluding hydrogens is 422 g/mol. The van der Waals surface area contributed by atoms with Gasteiger partial charge in [0.25, 0.3) is 11.9 Å². The summed E-state index contributed by atoms with van der Waals surface area (Å²) in [5.41, 5.74) is 5.03. The van der Waals surface area contributed by atoms with Gasteiger partial charge in [-0.25, -0.2) is 18.8 Å². The van der Waals surface area contributed by atoms with Crippen LogP contribution >= 0.6 is 23.4 Å². The van der Waals surface area contributed by atoms with E-state index in [0.717, 1.165) is 11.8 Å². The predicted octanol–water partition coefficient (Wildman–Crippen LogP) is 3.75. The first kappa shape index (κ1) is 19.9. The number of fused-ring (bicyclic) bond motifs is 1. The lowest BCUT2D eigenvalue weighted by Gasteiger charge is -2.33. The summed E-state index contributed by atoms with van der Waals surface area (Å²) in [6.45, 7) is -0.860. The molecule has 2 aliphatic rings. The van der Waals surface area contributed by atoms with Gasteiger partial charge in [0.2, 0.25) is 0 Å². The van der Waals surface area contributed by atoms with Crippen molar-refractivity contribution < 1.29 is 18.3 Å². The van der Waals surface area contributed by atoms with E-state index < -0.39 is 23.9 Å². The van der Waals surface area contributed by atoms with Gasteiger partial charge in [-0.05, 0) is 36.9 Å². The number of pyridine rings is 1. The van der Waals surface area contributed by atoms with E-state index in [1.807, 2.05) is 0 Å². The van der Waals surface area contributed by atoms with Gasteiger partial charge < -0.3 is 15.8 Å². The highest BCUT2D eigenvalue weighted by atomic mass is 35.5. The van der Waals surface area contributed by atoms with Gasteiger partial charge in [-0.15, -0.1) is 11.8 Å². The van der Waals surface area contributed by atoms with Gasteiger partial charge in [-0.1, -0.05) is 11.6 Å². The van der Waals surface area contributed by atoms with Crippen LogP contribution in [0.2, 0.25) is 5.02 Å². The molecule has 3 atom stereocenters. The van der Waals surface area contributed by atoms with Crippen LogP contribution in [0.25, 0.3) is 0 Å². The number of benzene rings is 1. The van der Waals surface area contributed by atoms with Crippen molar-refractivity contribution >= 4 is 41.0 Å². The molecule has 0 spiro atoms. The summed E-state index contributed by atoms with van der Waals surface area (Å²) in [6.07, 6.45) is 3.37. The third-order valence-electron chi connectivity index (χ3n) is 5.06. The number of amidine groups is 1. The molecule has 2 heterocycles. The number of amides is 1. The highest BCUT2D eigenvalue weighted by Gasteiger charge is 2.60. The van der Waals surface area contributed by atoms with E-state index in [4.69, 9.17) is 22.1 Å². The molecule has 1 unspecified atom stereocenters. The SMILES string of the molecule is CSc1c(F)cc(NC(=O)c2ccc(Cl)cn2)cc1[C@@]1(CF)N=C(N)O[C@@H]2CC21. The van der Waals surface area contributed by atoms with E-state index in [1.165, 1.54) is 24.4 Å². The van der Waals surface area contributed by atoms with E-state index in [0.29, 0.717) is 17.0 Å². The fourth-order valence-electron chi connectivity index (χ4n) is 3.63. The second kappa shape index (κ2) is 7.46. The summed E-state index contributed by atoms with van der Waals surface area (Å²) in [7, 11) is 0. The normalized spacial score (nSPS) is 24.9. The molecule has 2 aromatic rings. The van der Waals surface area contributed by atoms with Crippen LogP contribution in [-0.4, -0.2) is 35.9 Å². The van der Waals surface area contributed by atoms with Gasteiger partial charge in [0, 0.05) is 28.3 Å². The Bertz CT molecular complexity index is 1000. The van der Waals surface area contributed by atoms with Crippen LogP contribution in [-0.2, 0) is 10.3 Å². The van der Waals surface area contributed by atoms with E-state index in [-0.39, 0.29) is 34.3 Å². The van der Waals surface area contributed by atoms with Crippen molar-refractivity contribution in [3.05, 3.63) is 52.6 Å². The van der Waals surface area contributed by atoms with Gasteiger partial charge in [-0.3, -0.25) is 4.79 Å². The summed E-state index contributed by atoms with van der Waals surface area (Å²) in [5, 5.41) is 2.99. The molecule has 6 nitrogen and oxygen atoms in total. The lowest BCUT2D eigenvalue weighted by Crippen LogP contribution is -2.39. The third kappa shape index (κ3) is 3.53. The smallest absolute Gasteiger partial charge is 0.283 e. The zero-order valence-corrected chi connectivity index (χ0v) is 16.9. The molecule has 10 heteroatoms. The summed E-state index contributed by atoms with van der Waals surface area (Å²) >= 11 is 6.93. The minimum atomic E-state index is -1.34. The zero-order valence-electron chi connectivity index (χ0n) is 15.3. The van der Waals surface area contributed by atoms with Crippen LogP contribution in [0.4, 0.5) is 14.5 Å². The number of hydrogen-bond acceptors (Lipinski definition) is 6. The predicted molar refractivity (Wildman–Crippen MR) is 108 cm³/mol. The molecular formula is C19H17ClF2N4O2S. The summed E-state index contributed by atoms with van der Waals surface area (Å²) in [6, 6.07) is 5.59. The van der Waals surface area contributed by atoms with E-state index in [9.17, 15) is 13.6 Å². The molecule has 1 aromatic heterocycles. The zero-order chi connectivity index (χ0) is 20.8. The first-order valence-corrected chi connectivity index (χ1v) is 10.4. The van der Waals surface area contributed by atoms with Gasteiger partial charge in [0.05, 0.1) is 5.02 Å². The minimum Gasteiger partial charge on any atom is -0.462 e. The van der Waals surface area contributed by atoms with Crippen LogP contribution < -0.4 is 11.1 Å². The molecule has 152 valence electrons. The minimum absolute atomic E-state index is 0.112. The van der Waals surface area contributed by atoms with Gasteiger partial charge in [0.15, 0.2) is 0 Å². The first-order chi connectivity index (χ1) is 13.9. The van der Waals surface area contributed by atoms with Crippen molar-refractivity contribution in [2.45, 2.75) is 23.0 Å². The number of anilines is 1. The number of nitrogens with zero attached hydrogens (tertiary/aromatic N) is 2. The molecule has 0 radical (unpaired) electrons. The first-order valence-electron chi connectivity index (χ1n) is 8.77. The number of nitrogens with two attached hydrogens (primary N) is 1. The van der Waals surface area contributed by atoms with Crippen molar-refractivity contribution in [2.75, 3.05) is 18.2 Å². The number of alkyl halides is 1. The van der Waals surface area contributed by atoms with Crippen molar-refractivity contribution in [3.63, 3.8) is 0 Å². The van der Waals surface area contributed by atoms with Crippen molar-refractivity contribution in [3.8, 4) is 0 Å². The highest BCUT2D eigenvalue weighted by molar-refractivity contribution is 7.98. The number of ether oxygens (including phenoxy) is 1. The summed E-state index contributed by atoms with van der Waals surface area (Å²) in [4.78, 5) is 20.9. The van der Waals surface area contributed by atoms with Crippen LogP contribution in [0.15, 0.2) is 40.4 Å². The molecule has 1 aliphatic heterocycles. The number of carbonyl (C=O) groups excluding carboxylic acids is 1. The number of nitrogens with one attached hydrogen (secondary N) is 1. The number of aromatic nitrogens is 1. The van der Waals surface area contributed by atoms with Crippen molar-refractivity contribution in [1.29, 1.82) is 0 Å². The quantitative estimate of drug-likeness (QED) is 0.694. The average Bonchev–Trinajstić information content (AvgIpc) is 3.47.